The smallest absolute Gasteiger partial charge is 0.231 e. The van der Waals surface area contributed by atoms with E-state index in [0.29, 0.717) is 11.8 Å². The second kappa shape index (κ2) is 8.98. The topological polar surface area (TPSA) is 95.0 Å². The van der Waals surface area contributed by atoms with E-state index in [0.717, 1.165) is 98.0 Å². The molecule has 2 aromatic rings. The molecule has 6 rings (SSSR count). The number of rotatable bonds is 5. The molecule has 0 aliphatic carbocycles. The van der Waals surface area contributed by atoms with Crippen molar-refractivity contribution in [1.29, 1.82) is 0 Å². The molecule has 0 amide bonds. The minimum absolute atomic E-state index is 0.128. The van der Waals surface area contributed by atoms with E-state index in [1.54, 1.807) is 0 Å². The fraction of sp³-hybridized carbons (Fsp3) is 0.565. The Labute approximate surface area is 195 Å². The van der Waals surface area contributed by atoms with Crippen LogP contribution in [0.3, 0.4) is 0 Å². The van der Waals surface area contributed by atoms with Gasteiger partial charge in [0.25, 0.3) is 0 Å². The highest BCUT2D eigenvalue weighted by atomic mass is 32.2. The summed E-state index contributed by atoms with van der Waals surface area (Å²) in [6.45, 7) is 3.38. The van der Waals surface area contributed by atoms with Crippen molar-refractivity contribution < 1.29 is 23.2 Å². The summed E-state index contributed by atoms with van der Waals surface area (Å²) in [5.41, 5.74) is 0.923. The van der Waals surface area contributed by atoms with Crippen LogP contribution in [0.25, 0.3) is 0 Å². The van der Waals surface area contributed by atoms with Crippen LogP contribution in [0.5, 0.6) is 17.2 Å². The Kier molecular flexibility index (Phi) is 5.71. The number of ether oxygens (including phenoxy) is 4. The third kappa shape index (κ3) is 4.33. The number of piperidine rings is 1. The van der Waals surface area contributed by atoms with Crippen molar-refractivity contribution >= 4 is 22.6 Å². The molecule has 33 heavy (non-hydrogen) atoms. The highest BCUT2D eigenvalue weighted by Gasteiger charge is 2.30. The number of aromatic nitrogens is 2. The molecule has 2 saturated heterocycles. The zero-order valence-corrected chi connectivity index (χ0v) is 19.3. The molecule has 2 fully saturated rings. The molecular weight excluding hydrogens is 444 g/mol. The Morgan fingerprint density at radius 2 is 1.88 bits per heavy atom. The van der Waals surface area contributed by atoms with E-state index in [-0.39, 0.29) is 12.9 Å². The van der Waals surface area contributed by atoms with Crippen molar-refractivity contribution in [1.82, 2.24) is 9.97 Å². The van der Waals surface area contributed by atoms with Crippen LogP contribution < -0.4 is 24.4 Å². The Morgan fingerprint density at radius 1 is 1.06 bits per heavy atom. The van der Waals surface area contributed by atoms with Gasteiger partial charge < -0.3 is 29.2 Å². The van der Waals surface area contributed by atoms with Crippen molar-refractivity contribution in [3.8, 4) is 17.2 Å². The molecule has 4 aliphatic rings. The van der Waals surface area contributed by atoms with Crippen LogP contribution in [0.1, 0.15) is 31.4 Å². The molecule has 1 aromatic carbocycles. The summed E-state index contributed by atoms with van der Waals surface area (Å²) >= 11 is 0. The second-order valence-electron chi connectivity index (χ2n) is 8.80. The van der Waals surface area contributed by atoms with Crippen LogP contribution in [0.2, 0.25) is 0 Å². The fourth-order valence-corrected chi connectivity index (χ4v) is 6.09. The summed E-state index contributed by atoms with van der Waals surface area (Å²) in [7, 11) is -1.03. The van der Waals surface area contributed by atoms with Gasteiger partial charge in [0.1, 0.15) is 22.6 Å². The van der Waals surface area contributed by atoms with Gasteiger partial charge in [0.2, 0.25) is 12.7 Å². The lowest BCUT2D eigenvalue weighted by atomic mass is 10.1. The zero-order valence-electron chi connectivity index (χ0n) is 18.5. The fourth-order valence-electron chi connectivity index (χ4n) is 4.77. The van der Waals surface area contributed by atoms with Crippen LogP contribution in [-0.4, -0.2) is 65.2 Å². The molecule has 0 saturated carbocycles. The first-order valence-corrected chi connectivity index (χ1v) is 13.0. The maximum absolute atomic E-state index is 12.6. The number of nitrogens with one attached hydrogen (secondary N) is 1. The first-order chi connectivity index (χ1) is 16.2. The number of nitrogens with zero attached hydrogens (tertiary/aromatic N) is 3. The second-order valence-corrected chi connectivity index (χ2v) is 10.3. The molecular formula is C23H28N4O5S. The average molecular weight is 473 g/mol. The first kappa shape index (κ1) is 21.0. The summed E-state index contributed by atoms with van der Waals surface area (Å²) in [4.78, 5) is 12.7. The molecule has 4 aliphatic heterocycles. The van der Waals surface area contributed by atoms with Crippen LogP contribution in [0.15, 0.2) is 23.1 Å². The Hall–Kier alpha value is -2.59. The van der Waals surface area contributed by atoms with Gasteiger partial charge in [-0.15, -0.1) is 0 Å². The summed E-state index contributed by atoms with van der Waals surface area (Å²) in [5.74, 6) is 4.40. The SMILES string of the molecule is O=[S@@]1CCc2nc(N3CCC(Oc4ccc5c(c4)OCO5)CC3)nc(NC3CCOCC3)c21. The standard InChI is InChI=1S/C23H28N4O5S/c28-33-12-7-18-21(33)22(24-15-5-10-29-11-6-15)26-23(25-18)27-8-3-16(4-9-27)32-17-1-2-19-20(13-17)31-14-30-19/h1-2,13,15-16H,3-12,14H2,(H,24,25,26)/t33-/m1/s1. The van der Waals surface area contributed by atoms with Crippen LogP contribution >= 0.6 is 0 Å². The Morgan fingerprint density at radius 3 is 2.73 bits per heavy atom. The lowest BCUT2D eigenvalue weighted by molar-refractivity contribution is 0.0903. The largest absolute Gasteiger partial charge is 0.490 e. The van der Waals surface area contributed by atoms with E-state index in [9.17, 15) is 4.21 Å². The van der Waals surface area contributed by atoms with Gasteiger partial charge in [0, 0.05) is 63.4 Å². The lowest BCUT2D eigenvalue weighted by Gasteiger charge is -2.33. The van der Waals surface area contributed by atoms with Gasteiger partial charge in [-0.3, -0.25) is 4.21 Å². The molecule has 176 valence electrons. The molecule has 0 spiro atoms. The van der Waals surface area contributed by atoms with Gasteiger partial charge >= 0.3 is 0 Å². The van der Waals surface area contributed by atoms with Gasteiger partial charge in [0.15, 0.2) is 11.5 Å². The highest BCUT2D eigenvalue weighted by molar-refractivity contribution is 7.85. The van der Waals surface area contributed by atoms with Crippen molar-refractivity contribution in [3.63, 3.8) is 0 Å². The van der Waals surface area contributed by atoms with E-state index in [1.165, 1.54) is 0 Å². The van der Waals surface area contributed by atoms with Gasteiger partial charge in [-0.1, -0.05) is 0 Å². The van der Waals surface area contributed by atoms with Crippen molar-refractivity contribution in [2.75, 3.05) is 49.1 Å². The number of fused-ring (bicyclic) bond motifs is 2. The average Bonchev–Trinajstić information content (AvgIpc) is 3.46. The normalized spacial score (nSPS) is 22.9. The molecule has 0 unspecified atom stereocenters. The molecule has 1 atom stereocenters. The Balaban J connectivity index is 1.14. The van der Waals surface area contributed by atoms with Crippen LogP contribution in [-0.2, 0) is 22.0 Å². The van der Waals surface area contributed by atoms with E-state index in [1.807, 2.05) is 18.2 Å². The molecule has 10 heteroatoms. The summed E-state index contributed by atoms with van der Waals surface area (Å²) < 4.78 is 35.1. The molecule has 0 bridgehead atoms. The summed E-state index contributed by atoms with van der Waals surface area (Å²) in [6.07, 6.45) is 4.49. The predicted molar refractivity (Wildman–Crippen MR) is 123 cm³/mol. The maximum Gasteiger partial charge on any atom is 0.231 e. The maximum atomic E-state index is 12.6. The molecule has 0 radical (unpaired) electrons. The van der Waals surface area contributed by atoms with Gasteiger partial charge in [-0.05, 0) is 25.0 Å². The highest BCUT2D eigenvalue weighted by Crippen LogP contribution is 2.36. The van der Waals surface area contributed by atoms with Crippen molar-refractivity contribution in [2.24, 2.45) is 0 Å². The third-order valence-electron chi connectivity index (χ3n) is 6.61. The van der Waals surface area contributed by atoms with Gasteiger partial charge in [-0.2, -0.15) is 4.98 Å². The monoisotopic (exact) mass is 472 g/mol. The van der Waals surface area contributed by atoms with Crippen molar-refractivity contribution in [3.05, 3.63) is 23.9 Å². The summed E-state index contributed by atoms with van der Waals surface area (Å²) in [5, 5.41) is 3.56. The van der Waals surface area contributed by atoms with E-state index >= 15 is 0 Å². The summed E-state index contributed by atoms with van der Waals surface area (Å²) in [6, 6.07) is 6.01. The van der Waals surface area contributed by atoms with E-state index in [2.05, 4.69) is 10.2 Å². The van der Waals surface area contributed by atoms with Gasteiger partial charge in [0.05, 0.1) is 16.5 Å². The van der Waals surface area contributed by atoms with Crippen molar-refractivity contribution in [2.45, 2.75) is 49.1 Å². The van der Waals surface area contributed by atoms with E-state index < -0.39 is 10.8 Å². The lowest BCUT2D eigenvalue weighted by Crippen LogP contribution is -2.39. The van der Waals surface area contributed by atoms with E-state index in [4.69, 9.17) is 28.9 Å². The molecule has 1 aromatic heterocycles. The molecule has 9 nitrogen and oxygen atoms in total. The number of anilines is 2. The minimum Gasteiger partial charge on any atom is -0.490 e. The van der Waals surface area contributed by atoms with Crippen LogP contribution in [0.4, 0.5) is 11.8 Å². The first-order valence-electron chi connectivity index (χ1n) is 11.7. The number of hydrogen-bond acceptors (Lipinski definition) is 9. The predicted octanol–water partition coefficient (Wildman–Crippen LogP) is 2.51. The van der Waals surface area contributed by atoms with Gasteiger partial charge in [-0.25, -0.2) is 4.98 Å². The number of hydrogen-bond donors (Lipinski definition) is 1. The molecule has 1 N–H and O–H groups in total. The van der Waals surface area contributed by atoms with Crippen LogP contribution in [0, 0.1) is 0 Å². The minimum atomic E-state index is -1.03. The number of benzene rings is 1. The quantitative estimate of drug-likeness (QED) is 0.704. The Bertz CT molecular complexity index is 1050. The molecule has 5 heterocycles. The zero-order chi connectivity index (χ0) is 22.2. The third-order valence-corrected chi connectivity index (χ3v) is 8.07. The number of aryl methyl sites for hydroxylation is 1.